The first-order valence-electron chi connectivity index (χ1n) is 6.38. The minimum atomic E-state index is -0.588. The average Bonchev–Trinajstić information content (AvgIpc) is 2.83. The highest BCUT2D eigenvalue weighted by Gasteiger charge is 2.10. The molecular weight excluding hydrogens is 261 g/mol. The standard InChI is InChI=1S/C14H16FN3O2/c1-2-16-9-13-4-3-5-17(13)10-11-6-12(15)8-14(7-11)18(19)20/h3-8,16H,2,9-10H2,1H3. The van der Waals surface area contributed by atoms with Gasteiger partial charge in [0, 0.05) is 31.0 Å². The predicted octanol–water partition coefficient (Wildman–Crippen LogP) is 2.69. The fourth-order valence-electron chi connectivity index (χ4n) is 2.04. The van der Waals surface area contributed by atoms with Crippen molar-refractivity contribution >= 4 is 5.69 Å². The van der Waals surface area contributed by atoms with Crippen molar-refractivity contribution in [2.45, 2.75) is 20.0 Å². The summed E-state index contributed by atoms with van der Waals surface area (Å²) in [7, 11) is 0. The van der Waals surface area contributed by atoms with E-state index in [-0.39, 0.29) is 5.69 Å². The smallest absolute Gasteiger partial charge is 0.272 e. The number of nitro groups is 1. The van der Waals surface area contributed by atoms with Crippen LogP contribution in [0.1, 0.15) is 18.2 Å². The van der Waals surface area contributed by atoms with Crippen LogP contribution in [0.3, 0.4) is 0 Å². The number of benzene rings is 1. The van der Waals surface area contributed by atoms with Gasteiger partial charge < -0.3 is 9.88 Å². The molecule has 6 heteroatoms. The van der Waals surface area contributed by atoms with Crippen LogP contribution in [-0.2, 0) is 13.1 Å². The van der Waals surface area contributed by atoms with Gasteiger partial charge in [-0.15, -0.1) is 0 Å². The van der Waals surface area contributed by atoms with Crippen molar-refractivity contribution in [2.24, 2.45) is 0 Å². The van der Waals surface area contributed by atoms with Crippen molar-refractivity contribution < 1.29 is 9.31 Å². The highest BCUT2D eigenvalue weighted by atomic mass is 19.1. The molecule has 1 heterocycles. The highest BCUT2D eigenvalue weighted by Crippen LogP contribution is 2.18. The number of halogens is 1. The SMILES string of the molecule is CCNCc1cccn1Cc1cc(F)cc([N+](=O)[O-])c1. The molecule has 0 amide bonds. The monoisotopic (exact) mass is 277 g/mol. The zero-order valence-electron chi connectivity index (χ0n) is 11.2. The van der Waals surface area contributed by atoms with Gasteiger partial charge in [-0.25, -0.2) is 4.39 Å². The van der Waals surface area contributed by atoms with Gasteiger partial charge in [-0.1, -0.05) is 6.92 Å². The highest BCUT2D eigenvalue weighted by molar-refractivity contribution is 5.35. The van der Waals surface area contributed by atoms with Gasteiger partial charge in [0.05, 0.1) is 11.0 Å². The Labute approximate surface area is 116 Å². The number of nitrogens with one attached hydrogen (secondary N) is 1. The van der Waals surface area contributed by atoms with E-state index in [1.165, 1.54) is 12.1 Å². The van der Waals surface area contributed by atoms with Gasteiger partial charge in [0.2, 0.25) is 0 Å². The molecule has 0 bridgehead atoms. The second-order valence-corrected chi connectivity index (χ2v) is 4.48. The third-order valence-corrected chi connectivity index (χ3v) is 2.99. The van der Waals surface area contributed by atoms with Gasteiger partial charge in [0.1, 0.15) is 5.82 Å². The molecule has 106 valence electrons. The second-order valence-electron chi connectivity index (χ2n) is 4.48. The first-order chi connectivity index (χ1) is 9.60. The third-order valence-electron chi connectivity index (χ3n) is 2.99. The third kappa shape index (κ3) is 3.42. The number of hydrogen-bond acceptors (Lipinski definition) is 3. The zero-order chi connectivity index (χ0) is 14.5. The maximum atomic E-state index is 13.4. The lowest BCUT2D eigenvalue weighted by molar-refractivity contribution is -0.385. The van der Waals surface area contributed by atoms with E-state index in [1.54, 1.807) is 0 Å². The van der Waals surface area contributed by atoms with Crippen LogP contribution in [-0.4, -0.2) is 16.0 Å². The molecule has 0 aliphatic carbocycles. The summed E-state index contributed by atoms with van der Waals surface area (Å²) in [6, 6.07) is 7.53. The molecule has 20 heavy (non-hydrogen) atoms. The summed E-state index contributed by atoms with van der Waals surface area (Å²) in [4.78, 5) is 10.2. The van der Waals surface area contributed by atoms with Crippen LogP contribution >= 0.6 is 0 Å². The fraction of sp³-hybridized carbons (Fsp3) is 0.286. The Balaban J connectivity index is 2.21. The Morgan fingerprint density at radius 1 is 1.40 bits per heavy atom. The molecule has 1 aromatic heterocycles. The molecule has 1 N–H and O–H groups in total. The molecule has 0 spiro atoms. The summed E-state index contributed by atoms with van der Waals surface area (Å²) in [5, 5.41) is 14.0. The molecule has 0 radical (unpaired) electrons. The van der Waals surface area contributed by atoms with Gasteiger partial charge in [-0.05, 0) is 30.3 Å². The number of nitro benzene ring substituents is 1. The first kappa shape index (κ1) is 14.2. The van der Waals surface area contributed by atoms with Crippen LogP contribution in [0.4, 0.5) is 10.1 Å². The maximum Gasteiger partial charge on any atom is 0.272 e. The Morgan fingerprint density at radius 2 is 2.20 bits per heavy atom. The minimum Gasteiger partial charge on any atom is -0.346 e. The molecule has 0 unspecified atom stereocenters. The molecule has 1 aromatic carbocycles. The van der Waals surface area contributed by atoms with E-state index >= 15 is 0 Å². The molecule has 0 saturated heterocycles. The van der Waals surface area contributed by atoms with Gasteiger partial charge in [-0.3, -0.25) is 10.1 Å². The Kier molecular flexibility index (Phi) is 4.47. The molecule has 0 fully saturated rings. The average molecular weight is 277 g/mol. The van der Waals surface area contributed by atoms with Crippen LogP contribution in [0, 0.1) is 15.9 Å². The van der Waals surface area contributed by atoms with E-state index in [0.29, 0.717) is 18.7 Å². The minimum absolute atomic E-state index is 0.222. The number of non-ortho nitro benzene ring substituents is 1. The Bertz CT molecular complexity index is 610. The fourth-order valence-corrected chi connectivity index (χ4v) is 2.04. The summed E-state index contributed by atoms with van der Waals surface area (Å²) < 4.78 is 15.3. The molecule has 0 saturated carbocycles. The van der Waals surface area contributed by atoms with Gasteiger partial charge in [-0.2, -0.15) is 0 Å². The Hall–Kier alpha value is -2.21. The zero-order valence-corrected chi connectivity index (χ0v) is 11.2. The Morgan fingerprint density at radius 3 is 2.90 bits per heavy atom. The van der Waals surface area contributed by atoms with E-state index in [9.17, 15) is 14.5 Å². The lowest BCUT2D eigenvalue weighted by Crippen LogP contribution is -2.15. The van der Waals surface area contributed by atoms with Crippen molar-refractivity contribution in [3.8, 4) is 0 Å². The van der Waals surface area contributed by atoms with Crippen LogP contribution in [0.2, 0.25) is 0 Å². The summed E-state index contributed by atoms with van der Waals surface area (Å²) in [6.07, 6.45) is 1.88. The van der Waals surface area contributed by atoms with E-state index in [4.69, 9.17) is 0 Å². The number of nitrogens with zero attached hydrogens (tertiary/aromatic N) is 2. The van der Waals surface area contributed by atoms with E-state index in [1.807, 2.05) is 29.8 Å². The lowest BCUT2D eigenvalue weighted by atomic mass is 10.2. The summed E-state index contributed by atoms with van der Waals surface area (Å²) in [5.41, 5.74) is 1.41. The lowest BCUT2D eigenvalue weighted by Gasteiger charge is -2.10. The largest absolute Gasteiger partial charge is 0.346 e. The molecule has 2 rings (SSSR count). The van der Waals surface area contributed by atoms with Crippen LogP contribution < -0.4 is 5.32 Å². The van der Waals surface area contributed by atoms with E-state index in [2.05, 4.69) is 5.32 Å². The molecule has 0 atom stereocenters. The van der Waals surface area contributed by atoms with Crippen molar-refractivity contribution in [3.05, 3.63) is 63.7 Å². The van der Waals surface area contributed by atoms with Crippen molar-refractivity contribution in [2.75, 3.05) is 6.54 Å². The summed E-state index contributed by atoms with van der Waals surface area (Å²) >= 11 is 0. The van der Waals surface area contributed by atoms with Gasteiger partial charge in [0.15, 0.2) is 0 Å². The van der Waals surface area contributed by atoms with Gasteiger partial charge in [0.25, 0.3) is 5.69 Å². The molecule has 5 nitrogen and oxygen atoms in total. The van der Waals surface area contributed by atoms with Crippen molar-refractivity contribution in [1.82, 2.24) is 9.88 Å². The predicted molar refractivity (Wildman–Crippen MR) is 74.0 cm³/mol. The maximum absolute atomic E-state index is 13.4. The van der Waals surface area contributed by atoms with Crippen LogP contribution in [0.15, 0.2) is 36.5 Å². The normalized spacial score (nSPS) is 10.7. The second kappa shape index (κ2) is 6.29. The van der Waals surface area contributed by atoms with Crippen LogP contribution in [0.25, 0.3) is 0 Å². The van der Waals surface area contributed by atoms with Gasteiger partial charge >= 0.3 is 0 Å². The van der Waals surface area contributed by atoms with Crippen molar-refractivity contribution in [3.63, 3.8) is 0 Å². The topological polar surface area (TPSA) is 60.1 Å². The number of aromatic nitrogens is 1. The van der Waals surface area contributed by atoms with Crippen molar-refractivity contribution in [1.29, 1.82) is 0 Å². The van der Waals surface area contributed by atoms with E-state index < -0.39 is 10.7 Å². The quantitative estimate of drug-likeness (QED) is 0.652. The molecular formula is C14H16FN3O2. The number of rotatable bonds is 6. The summed E-state index contributed by atoms with van der Waals surface area (Å²) in [6.45, 7) is 3.99. The summed E-state index contributed by atoms with van der Waals surface area (Å²) in [5.74, 6) is -0.588. The van der Waals surface area contributed by atoms with Crippen LogP contribution in [0.5, 0.6) is 0 Å². The first-order valence-corrected chi connectivity index (χ1v) is 6.38. The number of hydrogen-bond donors (Lipinski definition) is 1. The van der Waals surface area contributed by atoms with E-state index in [0.717, 1.165) is 18.3 Å². The molecule has 0 aliphatic rings. The molecule has 2 aromatic rings. The molecule has 0 aliphatic heterocycles.